The topological polar surface area (TPSA) is 41.6 Å². The lowest BCUT2D eigenvalue weighted by Gasteiger charge is -2.04. The summed E-state index contributed by atoms with van der Waals surface area (Å²) in [4.78, 5) is 9.81. The molecular weight excluding hydrogens is 183 g/mol. The highest BCUT2D eigenvalue weighted by atomic mass is 19.4. The number of hydrogen-bond donors (Lipinski definition) is 1. The molecule has 0 fully saturated rings. The van der Waals surface area contributed by atoms with Gasteiger partial charge >= 0.3 is 6.18 Å². The van der Waals surface area contributed by atoms with Crippen LogP contribution in [-0.2, 0) is 6.18 Å². The van der Waals surface area contributed by atoms with Gasteiger partial charge in [-0.1, -0.05) is 0 Å². The van der Waals surface area contributed by atoms with E-state index < -0.39 is 11.7 Å². The largest absolute Gasteiger partial charge is 0.417 e. The maximum atomic E-state index is 12.1. The molecule has 1 N–H and O–H groups in total. The summed E-state index contributed by atoms with van der Waals surface area (Å²) in [5, 5.41) is 0. The van der Waals surface area contributed by atoms with Crippen LogP contribution in [0.25, 0.3) is 11.2 Å². The molecule has 3 nitrogen and oxygen atoms in total. The first-order valence-corrected chi connectivity index (χ1v) is 3.44. The first kappa shape index (κ1) is 8.03. The first-order chi connectivity index (χ1) is 6.07. The molecule has 0 atom stereocenters. The minimum atomic E-state index is -4.35. The zero-order valence-electron chi connectivity index (χ0n) is 6.26. The molecule has 0 aliphatic rings. The molecule has 2 aromatic rings. The highest BCUT2D eigenvalue weighted by Gasteiger charge is 2.31. The lowest BCUT2D eigenvalue weighted by atomic mass is 10.2. The number of fused-ring (bicyclic) bond motifs is 1. The Labute approximate surface area is 70.6 Å². The van der Waals surface area contributed by atoms with Gasteiger partial charge in [-0.15, -0.1) is 0 Å². The van der Waals surface area contributed by atoms with Gasteiger partial charge in [0.2, 0.25) is 0 Å². The van der Waals surface area contributed by atoms with E-state index in [1.165, 1.54) is 6.33 Å². The molecule has 0 aliphatic heterocycles. The molecule has 0 saturated heterocycles. The number of hydrogen-bond acceptors (Lipinski definition) is 2. The third-order valence-corrected chi connectivity index (χ3v) is 1.60. The number of rotatable bonds is 0. The number of nitrogens with zero attached hydrogens (tertiary/aromatic N) is 2. The van der Waals surface area contributed by atoms with Crippen LogP contribution in [0, 0.1) is 0 Å². The summed E-state index contributed by atoms with van der Waals surface area (Å²) < 4.78 is 36.4. The van der Waals surface area contributed by atoms with Crippen molar-refractivity contribution >= 4 is 11.2 Å². The van der Waals surface area contributed by atoms with Gasteiger partial charge in [0, 0.05) is 6.20 Å². The van der Waals surface area contributed by atoms with E-state index >= 15 is 0 Å². The molecule has 0 bridgehead atoms. The second-order valence-corrected chi connectivity index (χ2v) is 2.50. The van der Waals surface area contributed by atoms with E-state index in [1.807, 2.05) is 0 Å². The summed E-state index contributed by atoms with van der Waals surface area (Å²) >= 11 is 0. The number of pyridine rings is 1. The summed E-state index contributed by atoms with van der Waals surface area (Å²) in [6, 6.07) is 0.981. The van der Waals surface area contributed by atoms with Crippen LogP contribution in [0.5, 0.6) is 0 Å². The summed E-state index contributed by atoms with van der Waals surface area (Å²) in [5.41, 5.74) is -0.202. The zero-order valence-corrected chi connectivity index (χ0v) is 6.26. The van der Waals surface area contributed by atoms with E-state index in [0.717, 1.165) is 12.3 Å². The van der Waals surface area contributed by atoms with E-state index in [-0.39, 0.29) is 11.2 Å². The molecular formula is C7H4F3N3. The fourth-order valence-corrected chi connectivity index (χ4v) is 0.985. The van der Waals surface area contributed by atoms with E-state index in [4.69, 9.17) is 0 Å². The van der Waals surface area contributed by atoms with Gasteiger partial charge in [-0.25, -0.2) is 9.97 Å². The molecule has 6 heteroatoms. The van der Waals surface area contributed by atoms with Gasteiger partial charge in [-0.2, -0.15) is 13.2 Å². The van der Waals surface area contributed by atoms with Crippen LogP contribution < -0.4 is 0 Å². The van der Waals surface area contributed by atoms with E-state index in [9.17, 15) is 13.2 Å². The quantitative estimate of drug-likeness (QED) is 0.685. The van der Waals surface area contributed by atoms with E-state index in [2.05, 4.69) is 15.0 Å². The monoisotopic (exact) mass is 187 g/mol. The third kappa shape index (κ3) is 1.34. The van der Waals surface area contributed by atoms with E-state index in [0.29, 0.717) is 0 Å². The van der Waals surface area contributed by atoms with Gasteiger partial charge < -0.3 is 4.98 Å². The average molecular weight is 187 g/mol. The highest BCUT2D eigenvalue weighted by molar-refractivity contribution is 5.70. The van der Waals surface area contributed by atoms with Gasteiger partial charge in [0.05, 0.1) is 17.4 Å². The van der Waals surface area contributed by atoms with Crippen molar-refractivity contribution in [2.75, 3.05) is 0 Å². The van der Waals surface area contributed by atoms with Crippen LogP contribution in [0.1, 0.15) is 5.56 Å². The number of imidazole rings is 1. The maximum absolute atomic E-state index is 12.1. The molecule has 68 valence electrons. The second kappa shape index (κ2) is 2.45. The van der Waals surface area contributed by atoms with Gasteiger partial charge in [-0.05, 0) is 6.07 Å². The number of aromatic nitrogens is 3. The Morgan fingerprint density at radius 2 is 2.00 bits per heavy atom. The number of nitrogens with one attached hydrogen (secondary N) is 1. The fraction of sp³-hybridized carbons (Fsp3) is 0.143. The maximum Gasteiger partial charge on any atom is 0.417 e. The number of halogens is 3. The molecule has 0 aromatic carbocycles. The molecule has 13 heavy (non-hydrogen) atoms. The van der Waals surface area contributed by atoms with Crippen molar-refractivity contribution in [2.45, 2.75) is 6.18 Å². The molecule has 0 aliphatic carbocycles. The molecule has 0 amide bonds. The van der Waals surface area contributed by atoms with Crippen LogP contribution in [0.15, 0.2) is 18.6 Å². The van der Waals surface area contributed by atoms with Crippen molar-refractivity contribution in [2.24, 2.45) is 0 Å². The minimum Gasteiger partial charge on any atom is -0.343 e. The lowest BCUT2D eigenvalue weighted by Crippen LogP contribution is -2.05. The Hall–Kier alpha value is -1.59. The Balaban J connectivity index is 2.61. The van der Waals surface area contributed by atoms with Crippen molar-refractivity contribution in [3.63, 3.8) is 0 Å². The number of H-pyrrole nitrogens is 1. The molecule has 0 radical (unpaired) electrons. The fourth-order valence-electron chi connectivity index (χ4n) is 0.985. The normalized spacial score (nSPS) is 12.2. The predicted molar refractivity (Wildman–Crippen MR) is 38.9 cm³/mol. The standard InChI is InChI=1S/C7H4F3N3/c8-7(9,10)4-1-5-6(11-2-4)13-3-12-5/h1-3H,(H,11,12,13). The molecule has 0 unspecified atom stereocenters. The summed E-state index contributed by atoms with van der Waals surface area (Å²) in [7, 11) is 0. The second-order valence-electron chi connectivity index (χ2n) is 2.50. The van der Waals surface area contributed by atoms with Crippen molar-refractivity contribution in [1.29, 1.82) is 0 Å². The van der Waals surface area contributed by atoms with Crippen molar-refractivity contribution in [1.82, 2.24) is 15.0 Å². The summed E-state index contributed by atoms with van der Waals surface area (Å²) in [5.74, 6) is 0. The smallest absolute Gasteiger partial charge is 0.343 e. The molecule has 0 spiro atoms. The van der Waals surface area contributed by atoms with Crippen LogP contribution in [0.4, 0.5) is 13.2 Å². The van der Waals surface area contributed by atoms with Gasteiger partial charge in [-0.3, -0.25) is 0 Å². The highest BCUT2D eigenvalue weighted by Crippen LogP contribution is 2.29. The number of aromatic amines is 1. The summed E-state index contributed by atoms with van der Waals surface area (Å²) in [6.07, 6.45) is -2.28. The van der Waals surface area contributed by atoms with Crippen LogP contribution in [0.2, 0.25) is 0 Å². The minimum absolute atomic E-state index is 0.285. The Morgan fingerprint density at radius 3 is 2.69 bits per heavy atom. The molecule has 2 heterocycles. The number of alkyl halides is 3. The Morgan fingerprint density at radius 1 is 1.23 bits per heavy atom. The SMILES string of the molecule is FC(F)(F)c1cnc2nc[nH]c2c1. The van der Waals surface area contributed by atoms with Crippen molar-refractivity contribution < 1.29 is 13.2 Å². The third-order valence-electron chi connectivity index (χ3n) is 1.60. The van der Waals surface area contributed by atoms with E-state index in [1.54, 1.807) is 0 Å². The lowest BCUT2D eigenvalue weighted by molar-refractivity contribution is -0.137. The van der Waals surface area contributed by atoms with Gasteiger partial charge in [0.15, 0.2) is 5.65 Å². The first-order valence-electron chi connectivity index (χ1n) is 3.44. The van der Waals surface area contributed by atoms with Crippen LogP contribution in [-0.4, -0.2) is 15.0 Å². The summed E-state index contributed by atoms with van der Waals surface area (Å²) in [6.45, 7) is 0. The zero-order chi connectivity index (χ0) is 9.47. The van der Waals surface area contributed by atoms with Crippen LogP contribution >= 0.6 is 0 Å². The Bertz CT molecular complexity index is 432. The predicted octanol–water partition coefficient (Wildman–Crippen LogP) is 1.98. The Kier molecular flexibility index (Phi) is 1.51. The van der Waals surface area contributed by atoms with Crippen molar-refractivity contribution in [3.8, 4) is 0 Å². The molecule has 2 aromatic heterocycles. The molecule has 2 rings (SSSR count). The van der Waals surface area contributed by atoms with Crippen molar-refractivity contribution in [3.05, 3.63) is 24.2 Å². The van der Waals surface area contributed by atoms with Crippen LogP contribution in [0.3, 0.4) is 0 Å². The molecule has 0 saturated carbocycles. The average Bonchev–Trinajstić information content (AvgIpc) is 2.47. The van der Waals surface area contributed by atoms with Gasteiger partial charge in [0.1, 0.15) is 0 Å². The van der Waals surface area contributed by atoms with Gasteiger partial charge in [0.25, 0.3) is 0 Å².